The van der Waals surface area contributed by atoms with Gasteiger partial charge in [-0.05, 0) is 19.1 Å². The van der Waals surface area contributed by atoms with Crippen molar-refractivity contribution in [3.8, 4) is 0 Å². The number of benzene rings is 1. The molecule has 1 aromatic rings. The van der Waals surface area contributed by atoms with E-state index in [1.54, 1.807) is 6.92 Å². The van der Waals surface area contributed by atoms with Gasteiger partial charge in [-0.15, -0.1) is 0 Å². The number of amides is 1. The number of carbonyl (C=O) groups excluding carboxylic acids is 2. The molecule has 0 radical (unpaired) electrons. The molecule has 7 heteroatoms. The van der Waals surface area contributed by atoms with Crippen LogP contribution >= 0.6 is 0 Å². The average Bonchev–Trinajstić information content (AvgIpc) is 2.30. The number of nitrogen functional groups attached to an aromatic ring is 1. The van der Waals surface area contributed by atoms with Crippen molar-refractivity contribution < 1.29 is 23.1 Å². The van der Waals surface area contributed by atoms with E-state index in [1.807, 2.05) is 5.32 Å². The van der Waals surface area contributed by atoms with E-state index in [2.05, 4.69) is 4.74 Å². The molecule has 1 aromatic carbocycles. The van der Waals surface area contributed by atoms with Crippen molar-refractivity contribution >= 4 is 23.3 Å². The first kappa shape index (κ1) is 13.9. The molecule has 0 bridgehead atoms. The second-order valence-electron chi connectivity index (χ2n) is 3.36. The van der Waals surface area contributed by atoms with Gasteiger partial charge >= 0.3 is 5.97 Å². The molecule has 0 aliphatic heterocycles. The van der Waals surface area contributed by atoms with E-state index in [-0.39, 0.29) is 12.3 Å². The number of halogens is 2. The number of nitrogens with two attached hydrogens (primary N) is 1. The number of rotatable bonds is 4. The maximum Gasteiger partial charge on any atom is 0.315 e. The van der Waals surface area contributed by atoms with Gasteiger partial charge < -0.3 is 15.8 Å². The first-order valence-electron chi connectivity index (χ1n) is 5.14. The second-order valence-corrected chi connectivity index (χ2v) is 3.36. The third kappa shape index (κ3) is 3.41. The number of nitrogens with one attached hydrogen (secondary N) is 1. The monoisotopic (exact) mass is 258 g/mol. The van der Waals surface area contributed by atoms with Crippen molar-refractivity contribution in [2.45, 2.75) is 13.3 Å². The summed E-state index contributed by atoms with van der Waals surface area (Å²) < 4.78 is 30.8. The molecule has 0 unspecified atom stereocenters. The quantitative estimate of drug-likeness (QED) is 0.486. The van der Waals surface area contributed by atoms with Gasteiger partial charge in [0.15, 0.2) is 11.6 Å². The van der Waals surface area contributed by atoms with Crippen molar-refractivity contribution in [3.63, 3.8) is 0 Å². The standard InChI is InChI=1S/C11H12F2N2O3/c1-2-18-9(17)5-8(16)15-11-7(14)4-3-6(12)10(11)13/h3-4H,2,5,14H2,1H3,(H,15,16). The molecule has 0 saturated carbocycles. The van der Waals surface area contributed by atoms with Gasteiger partial charge in [0.2, 0.25) is 5.91 Å². The van der Waals surface area contributed by atoms with E-state index in [0.29, 0.717) is 0 Å². The van der Waals surface area contributed by atoms with Gasteiger partial charge in [-0.3, -0.25) is 9.59 Å². The van der Waals surface area contributed by atoms with Crippen molar-refractivity contribution in [3.05, 3.63) is 23.8 Å². The predicted octanol–water partition coefficient (Wildman–Crippen LogP) is 1.44. The van der Waals surface area contributed by atoms with Gasteiger partial charge in [0, 0.05) is 0 Å². The number of hydrogen-bond acceptors (Lipinski definition) is 4. The molecule has 0 aliphatic carbocycles. The first-order valence-corrected chi connectivity index (χ1v) is 5.14. The Morgan fingerprint density at radius 1 is 1.39 bits per heavy atom. The highest BCUT2D eigenvalue weighted by atomic mass is 19.2. The molecule has 0 spiro atoms. The normalized spacial score (nSPS) is 9.94. The van der Waals surface area contributed by atoms with Crippen LogP contribution in [0.15, 0.2) is 12.1 Å². The van der Waals surface area contributed by atoms with Crippen molar-refractivity contribution in [2.24, 2.45) is 0 Å². The van der Waals surface area contributed by atoms with Crippen LogP contribution in [0.5, 0.6) is 0 Å². The molecule has 0 fully saturated rings. The van der Waals surface area contributed by atoms with Crippen LogP contribution in [0.25, 0.3) is 0 Å². The minimum absolute atomic E-state index is 0.128. The molecule has 98 valence electrons. The number of carbonyl (C=O) groups is 2. The summed E-state index contributed by atoms with van der Waals surface area (Å²) in [5.41, 5.74) is 4.78. The van der Waals surface area contributed by atoms with Crippen LogP contribution in [-0.4, -0.2) is 18.5 Å². The number of ether oxygens (including phenoxy) is 1. The summed E-state index contributed by atoms with van der Waals surface area (Å²) in [6.45, 7) is 1.71. The second kappa shape index (κ2) is 5.95. The Hall–Kier alpha value is -2.18. The molecule has 3 N–H and O–H groups in total. The lowest BCUT2D eigenvalue weighted by Gasteiger charge is -2.09. The molecule has 5 nitrogen and oxygen atoms in total. The number of esters is 1. The van der Waals surface area contributed by atoms with E-state index >= 15 is 0 Å². The molecule has 0 saturated heterocycles. The molecule has 1 amide bonds. The van der Waals surface area contributed by atoms with Gasteiger partial charge in [0.05, 0.1) is 12.3 Å². The van der Waals surface area contributed by atoms with Gasteiger partial charge in [-0.1, -0.05) is 0 Å². The van der Waals surface area contributed by atoms with Crippen molar-refractivity contribution in [1.29, 1.82) is 0 Å². The predicted molar refractivity (Wildman–Crippen MR) is 60.7 cm³/mol. The highest BCUT2D eigenvalue weighted by Crippen LogP contribution is 2.24. The molecule has 0 aliphatic rings. The zero-order valence-corrected chi connectivity index (χ0v) is 9.63. The summed E-state index contributed by atoms with van der Waals surface area (Å²) in [7, 11) is 0. The molecule has 18 heavy (non-hydrogen) atoms. The van der Waals surface area contributed by atoms with Crippen molar-refractivity contribution in [1.82, 2.24) is 0 Å². The summed E-state index contributed by atoms with van der Waals surface area (Å²) in [6, 6.07) is 1.95. The van der Waals surface area contributed by atoms with Crippen LogP contribution in [-0.2, 0) is 14.3 Å². The van der Waals surface area contributed by atoms with Crippen LogP contribution in [0.4, 0.5) is 20.2 Å². The van der Waals surface area contributed by atoms with Gasteiger partial charge in [0.1, 0.15) is 12.1 Å². The van der Waals surface area contributed by atoms with Gasteiger partial charge in [-0.2, -0.15) is 0 Å². The van der Waals surface area contributed by atoms with E-state index in [9.17, 15) is 18.4 Å². The van der Waals surface area contributed by atoms with Crippen LogP contribution in [0.1, 0.15) is 13.3 Å². The minimum atomic E-state index is -1.27. The summed E-state index contributed by atoms with van der Waals surface area (Å²) in [5, 5.41) is 2.03. The molecule has 1 rings (SSSR count). The Labute approximate surface area is 102 Å². The minimum Gasteiger partial charge on any atom is -0.466 e. The summed E-state index contributed by atoms with van der Waals surface area (Å²) in [4.78, 5) is 22.4. The van der Waals surface area contributed by atoms with Gasteiger partial charge in [-0.25, -0.2) is 8.78 Å². The topological polar surface area (TPSA) is 81.4 Å². The summed E-state index contributed by atoms with van der Waals surface area (Å²) in [5.74, 6) is -4.00. The van der Waals surface area contributed by atoms with Crippen molar-refractivity contribution in [2.75, 3.05) is 17.7 Å². The average molecular weight is 258 g/mol. The molecular formula is C11H12F2N2O3. The molecule has 0 heterocycles. The first-order chi connectivity index (χ1) is 8.45. The molecular weight excluding hydrogens is 246 g/mol. The third-order valence-electron chi connectivity index (χ3n) is 2.00. The Kier molecular flexibility index (Phi) is 4.59. The Morgan fingerprint density at radius 3 is 2.67 bits per heavy atom. The van der Waals surface area contributed by atoms with E-state index in [1.165, 1.54) is 0 Å². The van der Waals surface area contributed by atoms with E-state index < -0.39 is 35.6 Å². The highest BCUT2D eigenvalue weighted by Gasteiger charge is 2.16. The maximum absolute atomic E-state index is 13.3. The fourth-order valence-corrected chi connectivity index (χ4v) is 1.22. The van der Waals surface area contributed by atoms with Crippen LogP contribution in [0, 0.1) is 11.6 Å². The Balaban J connectivity index is 2.76. The Morgan fingerprint density at radius 2 is 2.06 bits per heavy atom. The fraction of sp³-hybridized carbons (Fsp3) is 0.273. The molecule has 0 atom stereocenters. The lowest BCUT2D eigenvalue weighted by molar-refractivity contribution is -0.145. The lowest BCUT2D eigenvalue weighted by atomic mass is 10.2. The number of hydrogen-bond donors (Lipinski definition) is 2. The molecule has 0 aromatic heterocycles. The lowest BCUT2D eigenvalue weighted by Crippen LogP contribution is -2.19. The number of anilines is 2. The van der Waals surface area contributed by atoms with Crippen LogP contribution < -0.4 is 11.1 Å². The highest BCUT2D eigenvalue weighted by molar-refractivity contribution is 6.03. The van der Waals surface area contributed by atoms with E-state index in [0.717, 1.165) is 12.1 Å². The Bertz CT molecular complexity index is 478. The fourth-order valence-electron chi connectivity index (χ4n) is 1.22. The maximum atomic E-state index is 13.3. The van der Waals surface area contributed by atoms with E-state index in [4.69, 9.17) is 5.73 Å². The smallest absolute Gasteiger partial charge is 0.315 e. The zero-order chi connectivity index (χ0) is 13.7. The largest absolute Gasteiger partial charge is 0.466 e. The van der Waals surface area contributed by atoms with Gasteiger partial charge in [0.25, 0.3) is 0 Å². The SMILES string of the molecule is CCOC(=O)CC(=O)Nc1c(N)ccc(F)c1F. The zero-order valence-electron chi connectivity index (χ0n) is 9.63. The summed E-state index contributed by atoms with van der Waals surface area (Å²) in [6.07, 6.45) is -0.594. The summed E-state index contributed by atoms with van der Waals surface area (Å²) >= 11 is 0. The van der Waals surface area contributed by atoms with Crippen LogP contribution in [0.3, 0.4) is 0 Å². The third-order valence-corrected chi connectivity index (χ3v) is 2.00. The van der Waals surface area contributed by atoms with Crippen LogP contribution in [0.2, 0.25) is 0 Å².